The minimum atomic E-state index is -0.199. The normalized spacial score (nSPS) is 12.8. The first kappa shape index (κ1) is 26.6. The number of nitrogens with zero attached hydrogens (tertiary/aromatic N) is 3. The number of amides is 1. The van der Waals surface area contributed by atoms with Crippen LogP contribution in [-0.2, 0) is 4.79 Å². The molecule has 1 aliphatic rings. The molecule has 0 spiro atoms. The molecule has 4 aromatic rings. The molecule has 0 aliphatic heterocycles. The number of ether oxygens (including phenoxy) is 1. The second-order valence-corrected chi connectivity index (χ2v) is 9.57. The quantitative estimate of drug-likeness (QED) is 0.146. The van der Waals surface area contributed by atoms with E-state index in [4.69, 9.17) is 15.9 Å². The molecule has 1 fully saturated rings. The van der Waals surface area contributed by atoms with Gasteiger partial charge in [-0.1, -0.05) is 30.3 Å². The topological polar surface area (TPSA) is 129 Å². The van der Waals surface area contributed by atoms with Crippen LogP contribution in [0, 0.1) is 5.41 Å². The zero-order chi connectivity index (χ0) is 27.9. The first-order valence-electron chi connectivity index (χ1n) is 13.0. The van der Waals surface area contributed by atoms with Crippen LogP contribution in [-0.4, -0.2) is 46.1 Å². The lowest BCUT2D eigenvalue weighted by molar-refractivity contribution is -0.111. The van der Waals surface area contributed by atoms with Gasteiger partial charge in [-0.3, -0.25) is 15.1 Å². The Morgan fingerprint density at radius 1 is 1.02 bits per heavy atom. The highest BCUT2D eigenvalue weighted by molar-refractivity contribution is 6.16. The molecule has 9 nitrogen and oxygen atoms in total. The number of likely N-dealkylation sites (N-methyl/N-ethyl adjacent to an activating group) is 1. The number of benzene rings is 3. The summed E-state index contributed by atoms with van der Waals surface area (Å²) in [6, 6.07) is 24.6. The summed E-state index contributed by atoms with van der Waals surface area (Å²) in [4.78, 5) is 23.1. The highest BCUT2D eigenvalue weighted by Crippen LogP contribution is 2.28. The van der Waals surface area contributed by atoms with Crippen LogP contribution in [0.3, 0.4) is 0 Å². The molecule has 1 aromatic heterocycles. The molecule has 1 aliphatic carbocycles. The SMILES string of the molecule is CN(C/C=C/C(=O)Nc1cccc(Nc2ncnc(N)c2C(=N)c2ccc(Oc3ccccc3)cc2)c1)C1CC1. The maximum Gasteiger partial charge on any atom is 0.248 e. The van der Waals surface area contributed by atoms with Gasteiger partial charge in [0.1, 0.15) is 29.5 Å². The molecule has 0 atom stereocenters. The summed E-state index contributed by atoms with van der Waals surface area (Å²) in [5.74, 6) is 1.75. The molecular formula is C31H31N7O2. The molecule has 9 heteroatoms. The largest absolute Gasteiger partial charge is 0.457 e. The van der Waals surface area contributed by atoms with Gasteiger partial charge in [-0.05, 0) is 74.5 Å². The fraction of sp³-hybridized carbons (Fsp3) is 0.161. The summed E-state index contributed by atoms with van der Waals surface area (Å²) in [6.07, 6.45) is 7.23. The second-order valence-electron chi connectivity index (χ2n) is 9.57. The maximum absolute atomic E-state index is 12.4. The van der Waals surface area contributed by atoms with Crippen molar-refractivity contribution >= 4 is 34.6 Å². The predicted molar refractivity (Wildman–Crippen MR) is 158 cm³/mol. The Hall–Kier alpha value is -5.02. The third kappa shape index (κ3) is 6.89. The fourth-order valence-corrected chi connectivity index (χ4v) is 4.18. The fourth-order valence-electron chi connectivity index (χ4n) is 4.18. The van der Waals surface area contributed by atoms with Gasteiger partial charge in [0, 0.05) is 35.6 Å². The van der Waals surface area contributed by atoms with Crippen LogP contribution >= 0.6 is 0 Å². The van der Waals surface area contributed by atoms with Gasteiger partial charge in [0.05, 0.1) is 11.3 Å². The number of carbonyl (C=O) groups is 1. The number of nitrogens with one attached hydrogen (secondary N) is 3. The molecular weight excluding hydrogens is 502 g/mol. The summed E-state index contributed by atoms with van der Waals surface area (Å²) in [5, 5.41) is 15.0. The number of rotatable bonds is 11. The van der Waals surface area contributed by atoms with Crippen molar-refractivity contribution in [1.82, 2.24) is 14.9 Å². The molecule has 5 N–H and O–H groups in total. The average molecular weight is 534 g/mol. The molecule has 5 rings (SSSR count). The Labute approximate surface area is 233 Å². The highest BCUT2D eigenvalue weighted by atomic mass is 16.5. The predicted octanol–water partition coefficient (Wildman–Crippen LogP) is 5.60. The third-order valence-electron chi connectivity index (χ3n) is 6.47. The van der Waals surface area contributed by atoms with Gasteiger partial charge >= 0.3 is 0 Å². The van der Waals surface area contributed by atoms with Crippen molar-refractivity contribution in [2.24, 2.45) is 0 Å². The molecule has 0 bridgehead atoms. The lowest BCUT2D eigenvalue weighted by atomic mass is 10.0. The van der Waals surface area contributed by atoms with Crippen molar-refractivity contribution in [2.75, 3.05) is 30.0 Å². The Bertz CT molecular complexity index is 1520. The Balaban J connectivity index is 1.27. The number of hydrogen-bond donors (Lipinski definition) is 4. The molecule has 1 heterocycles. The number of nitrogens with two attached hydrogens (primary N) is 1. The van der Waals surface area contributed by atoms with Crippen molar-refractivity contribution in [1.29, 1.82) is 5.41 Å². The smallest absolute Gasteiger partial charge is 0.248 e. The Kier molecular flexibility index (Phi) is 8.13. The van der Waals surface area contributed by atoms with E-state index >= 15 is 0 Å². The molecule has 0 saturated heterocycles. The van der Waals surface area contributed by atoms with E-state index in [-0.39, 0.29) is 17.4 Å². The van der Waals surface area contributed by atoms with E-state index in [0.717, 1.165) is 12.3 Å². The Morgan fingerprint density at radius 2 is 1.75 bits per heavy atom. The maximum atomic E-state index is 12.4. The van der Waals surface area contributed by atoms with Crippen LogP contribution in [0.5, 0.6) is 11.5 Å². The molecule has 0 unspecified atom stereocenters. The van der Waals surface area contributed by atoms with E-state index in [0.29, 0.717) is 40.1 Å². The average Bonchev–Trinajstić information content (AvgIpc) is 3.80. The van der Waals surface area contributed by atoms with E-state index in [1.165, 1.54) is 19.2 Å². The van der Waals surface area contributed by atoms with Gasteiger partial charge in [-0.2, -0.15) is 0 Å². The van der Waals surface area contributed by atoms with E-state index in [2.05, 4.69) is 32.5 Å². The minimum Gasteiger partial charge on any atom is -0.457 e. The molecule has 202 valence electrons. The van der Waals surface area contributed by atoms with Gasteiger partial charge < -0.3 is 21.1 Å². The molecule has 1 amide bonds. The number of aromatic nitrogens is 2. The van der Waals surface area contributed by atoms with Gasteiger partial charge in [-0.25, -0.2) is 9.97 Å². The lowest BCUT2D eigenvalue weighted by Crippen LogP contribution is -2.20. The number of nitrogen functional groups attached to an aromatic ring is 1. The van der Waals surface area contributed by atoms with E-state index in [9.17, 15) is 4.79 Å². The molecule has 40 heavy (non-hydrogen) atoms. The number of carbonyl (C=O) groups excluding carboxylic acids is 1. The summed E-state index contributed by atoms with van der Waals surface area (Å²) in [6.45, 7) is 0.742. The first-order valence-corrected chi connectivity index (χ1v) is 13.0. The van der Waals surface area contributed by atoms with Crippen LogP contribution in [0.15, 0.2) is 97.3 Å². The van der Waals surface area contributed by atoms with Gasteiger partial charge in [0.15, 0.2) is 0 Å². The standard InChI is InChI=1S/C31H31N7O2/c1-38(24-14-15-24)18-6-11-27(39)36-22-7-5-8-23(19-22)37-31-28(30(33)34-20-35-31)29(32)21-12-16-26(17-13-21)40-25-9-3-2-4-10-25/h2-13,16-17,19-20,24,32H,14-15,18H2,1H3,(H,36,39)(H3,33,34,35,37)/b11-6+,32-29?. The highest BCUT2D eigenvalue weighted by Gasteiger charge is 2.24. The minimum absolute atomic E-state index is 0.164. The van der Waals surface area contributed by atoms with Crippen molar-refractivity contribution in [3.8, 4) is 11.5 Å². The third-order valence-corrected chi connectivity index (χ3v) is 6.47. The summed E-state index contributed by atoms with van der Waals surface area (Å²) < 4.78 is 5.86. The van der Waals surface area contributed by atoms with Crippen LogP contribution in [0.2, 0.25) is 0 Å². The van der Waals surface area contributed by atoms with Crippen LogP contribution in [0.25, 0.3) is 0 Å². The van der Waals surface area contributed by atoms with Crippen LogP contribution in [0.1, 0.15) is 24.0 Å². The van der Waals surface area contributed by atoms with Gasteiger partial charge in [0.2, 0.25) is 5.91 Å². The number of para-hydroxylation sites is 1. The van der Waals surface area contributed by atoms with E-state index in [1.54, 1.807) is 36.4 Å². The second kappa shape index (κ2) is 12.2. The summed E-state index contributed by atoms with van der Waals surface area (Å²) in [7, 11) is 2.07. The zero-order valence-electron chi connectivity index (χ0n) is 22.2. The first-order chi connectivity index (χ1) is 19.5. The van der Waals surface area contributed by atoms with Crippen molar-refractivity contribution < 1.29 is 9.53 Å². The van der Waals surface area contributed by atoms with Gasteiger partial charge in [-0.15, -0.1) is 0 Å². The molecule has 0 radical (unpaired) electrons. The van der Waals surface area contributed by atoms with Crippen molar-refractivity contribution in [2.45, 2.75) is 18.9 Å². The zero-order valence-corrected chi connectivity index (χ0v) is 22.2. The van der Waals surface area contributed by atoms with E-state index in [1.807, 2.05) is 54.6 Å². The molecule has 1 saturated carbocycles. The Morgan fingerprint density at radius 3 is 2.50 bits per heavy atom. The molecule has 3 aromatic carbocycles. The van der Waals surface area contributed by atoms with Crippen molar-refractivity contribution in [3.63, 3.8) is 0 Å². The number of anilines is 4. The van der Waals surface area contributed by atoms with Gasteiger partial charge in [0.25, 0.3) is 0 Å². The van der Waals surface area contributed by atoms with Crippen LogP contribution < -0.4 is 21.1 Å². The van der Waals surface area contributed by atoms with Crippen molar-refractivity contribution in [3.05, 3.63) is 108 Å². The summed E-state index contributed by atoms with van der Waals surface area (Å²) >= 11 is 0. The van der Waals surface area contributed by atoms with Crippen LogP contribution in [0.4, 0.5) is 23.0 Å². The number of hydrogen-bond acceptors (Lipinski definition) is 8. The lowest BCUT2D eigenvalue weighted by Gasteiger charge is -2.15. The summed E-state index contributed by atoms with van der Waals surface area (Å²) in [5.41, 5.74) is 8.68. The monoisotopic (exact) mass is 533 g/mol. The van der Waals surface area contributed by atoms with E-state index < -0.39 is 0 Å².